The number of amides is 1. The maximum atomic E-state index is 12.1. The Labute approximate surface area is 119 Å². The average molecular weight is 277 g/mol. The summed E-state index contributed by atoms with van der Waals surface area (Å²) in [6, 6.07) is 0. The Hall–Kier alpha value is -1.56. The Bertz CT molecular complexity index is 479. The summed E-state index contributed by atoms with van der Waals surface area (Å²) < 4.78 is 0. The number of hydrogen-bond donors (Lipinski definition) is 2. The zero-order valence-corrected chi connectivity index (χ0v) is 12.3. The number of nitrogens with one attached hydrogen (secondary N) is 1. The lowest BCUT2D eigenvalue weighted by atomic mass is 9.66. The monoisotopic (exact) mass is 277 g/mol. The summed E-state index contributed by atoms with van der Waals surface area (Å²) >= 11 is 0. The molecule has 0 aromatic carbocycles. The van der Waals surface area contributed by atoms with E-state index in [1.54, 1.807) is 0 Å². The van der Waals surface area contributed by atoms with Crippen LogP contribution in [0.3, 0.4) is 0 Å². The van der Waals surface area contributed by atoms with E-state index in [1.165, 1.54) is 0 Å². The second-order valence-electron chi connectivity index (χ2n) is 5.52. The lowest BCUT2D eigenvalue weighted by Crippen LogP contribution is -2.40. The highest BCUT2D eigenvalue weighted by Crippen LogP contribution is 2.42. The highest BCUT2D eigenvalue weighted by Gasteiger charge is 2.37. The lowest BCUT2D eigenvalue weighted by molar-refractivity contribution is -0.119. The van der Waals surface area contributed by atoms with Crippen LogP contribution in [0.1, 0.15) is 50.9 Å². The van der Waals surface area contributed by atoms with Crippen molar-refractivity contribution in [3.05, 3.63) is 11.4 Å². The van der Waals surface area contributed by atoms with Crippen molar-refractivity contribution in [3.8, 4) is 0 Å². The van der Waals surface area contributed by atoms with Gasteiger partial charge in [0.25, 0.3) is 0 Å². The lowest BCUT2D eigenvalue weighted by Gasteiger charge is -2.40. The van der Waals surface area contributed by atoms with Crippen LogP contribution in [0.2, 0.25) is 0 Å². The van der Waals surface area contributed by atoms with Gasteiger partial charge in [-0.2, -0.15) is 0 Å². The van der Waals surface area contributed by atoms with Gasteiger partial charge < -0.3 is 5.73 Å². The van der Waals surface area contributed by atoms with Crippen molar-refractivity contribution in [1.29, 1.82) is 0 Å². The van der Waals surface area contributed by atoms with E-state index in [9.17, 15) is 4.79 Å². The molecule has 3 N–H and O–H groups in total. The number of nitrogens with two attached hydrogens (primary N) is 1. The predicted molar refractivity (Wildman–Crippen MR) is 77.2 cm³/mol. The second kappa shape index (κ2) is 6.26. The first kappa shape index (κ1) is 14.8. The molecule has 6 heteroatoms. The molecule has 20 heavy (non-hydrogen) atoms. The molecule has 1 aromatic rings. The predicted octanol–water partition coefficient (Wildman–Crippen LogP) is 1.45. The van der Waals surface area contributed by atoms with Gasteiger partial charge in [0, 0.05) is 6.42 Å². The van der Waals surface area contributed by atoms with Crippen molar-refractivity contribution in [2.24, 2.45) is 11.1 Å². The molecule has 1 aliphatic rings. The van der Waals surface area contributed by atoms with Gasteiger partial charge in [-0.3, -0.25) is 10.1 Å². The van der Waals surface area contributed by atoms with Crippen molar-refractivity contribution >= 4 is 11.9 Å². The molecule has 2 rings (SSSR count). The molecule has 1 aromatic heterocycles. The number of aryl methyl sites for hydroxylation is 2. The van der Waals surface area contributed by atoms with Crippen LogP contribution in [-0.4, -0.2) is 27.6 Å². The molecule has 1 saturated carbocycles. The molecule has 0 atom stereocenters. The van der Waals surface area contributed by atoms with Crippen molar-refractivity contribution < 1.29 is 4.79 Å². The van der Waals surface area contributed by atoms with Crippen molar-refractivity contribution in [2.75, 3.05) is 11.9 Å². The summed E-state index contributed by atoms with van der Waals surface area (Å²) in [6.07, 6.45) is 5.26. The standard InChI is InChI=1S/C14H23N5O/c1-3-10-11(4-2)18-19-13(16-10)17-12(20)8-14(9-15)6-5-7-14/h3-9,15H2,1-2H3,(H,16,17,19,20). The van der Waals surface area contributed by atoms with E-state index < -0.39 is 0 Å². The molecule has 1 heterocycles. The summed E-state index contributed by atoms with van der Waals surface area (Å²) in [7, 11) is 0. The minimum Gasteiger partial charge on any atom is -0.330 e. The van der Waals surface area contributed by atoms with E-state index in [4.69, 9.17) is 5.73 Å². The van der Waals surface area contributed by atoms with Crippen LogP contribution in [0, 0.1) is 5.41 Å². The molecule has 0 bridgehead atoms. The van der Waals surface area contributed by atoms with Crippen molar-refractivity contribution in [3.63, 3.8) is 0 Å². The zero-order chi connectivity index (χ0) is 14.6. The maximum absolute atomic E-state index is 12.1. The van der Waals surface area contributed by atoms with Crippen LogP contribution in [0.4, 0.5) is 5.95 Å². The Morgan fingerprint density at radius 3 is 2.45 bits per heavy atom. The van der Waals surface area contributed by atoms with Gasteiger partial charge in [-0.1, -0.05) is 20.3 Å². The second-order valence-corrected chi connectivity index (χ2v) is 5.52. The molecule has 0 radical (unpaired) electrons. The van der Waals surface area contributed by atoms with E-state index in [-0.39, 0.29) is 11.3 Å². The van der Waals surface area contributed by atoms with Gasteiger partial charge in [-0.25, -0.2) is 4.98 Å². The maximum Gasteiger partial charge on any atom is 0.249 e. The first-order chi connectivity index (χ1) is 9.62. The van der Waals surface area contributed by atoms with Gasteiger partial charge in [0.15, 0.2) is 0 Å². The van der Waals surface area contributed by atoms with Crippen LogP contribution in [0.15, 0.2) is 0 Å². The van der Waals surface area contributed by atoms with Crippen LogP contribution >= 0.6 is 0 Å². The summed E-state index contributed by atoms with van der Waals surface area (Å²) in [5.74, 6) is 0.235. The van der Waals surface area contributed by atoms with Gasteiger partial charge in [0.1, 0.15) is 0 Å². The smallest absolute Gasteiger partial charge is 0.249 e. The Kier molecular flexibility index (Phi) is 4.65. The molecule has 0 aliphatic heterocycles. The Morgan fingerprint density at radius 2 is 1.95 bits per heavy atom. The fraction of sp³-hybridized carbons (Fsp3) is 0.714. The van der Waals surface area contributed by atoms with Gasteiger partial charge >= 0.3 is 0 Å². The molecule has 110 valence electrons. The third-order valence-electron chi connectivity index (χ3n) is 4.14. The van der Waals surface area contributed by atoms with Gasteiger partial charge in [-0.15, -0.1) is 10.2 Å². The number of nitrogens with zero attached hydrogens (tertiary/aromatic N) is 3. The normalized spacial score (nSPS) is 16.6. The topological polar surface area (TPSA) is 93.8 Å². The highest BCUT2D eigenvalue weighted by atomic mass is 16.1. The third-order valence-corrected chi connectivity index (χ3v) is 4.14. The fourth-order valence-electron chi connectivity index (χ4n) is 2.63. The zero-order valence-electron chi connectivity index (χ0n) is 12.3. The van der Waals surface area contributed by atoms with E-state index in [0.29, 0.717) is 18.9 Å². The molecule has 1 amide bonds. The Balaban J connectivity index is 2.00. The molecule has 1 fully saturated rings. The number of rotatable bonds is 6. The first-order valence-corrected chi connectivity index (χ1v) is 7.35. The minimum absolute atomic E-state index is 0.00550. The molecule has 0 saturated heterocycles. The molecule has 6 nitrogen and oxygen atoms in total. The minimum atomic E-state index is -0.0664. The van der Waals surface area contributed by atoms with Crippen LogP contribution < -0.4 is 11.1 Å². The quantitative estimate of drug-likeness (QED) is 0.821. The number of anilines is 1. The average Bonchev–Trinajstić information content (AvgIpc) is 2.42. The van der Waals surface area contributed by atoms with Crippen molar-refractivity contribution in [2.45, 2.75) is 52.4 Å². The van der Waals surface area contributed by atoms with E-state index in [2.05, 4.69) is 20.5 Å². The largest absolute Gasteiger partial charge is 0.330 e. The van der Waals surface area contributed by atoms with Crippen LogP contribution in [0.25, 0.3) is 0 Å². The third kappa shape index (κ3) is 3.12. The molecular weight excluding hydrogens is 254 g/mol. The van der Waals surface area contributed by atoms with Crippen molar-refractivity contribution in [1.82, 2.24) is 15.2 Å². The van der Waals surface area contributed by atoms with Crippen LogP contribution in [-0.2, 0) is 17.6 Å². The summed E-state index contributed by atoms with van der Waals surface area (Å²) in [5, 5.41) is 10.8. The highest BCUT2D eigenvalue weighted by molar-refractivity contribution is 5.89. The van der Waals surface area contributed by atoms with E-state index in [1.807, 2.05) is 13.8 Å². The Morgan fingerprint density at radius 1 is 1.25 bits per heavy atom. The number of aromatic nitrogens is 3. The van der Waals surface area contributed by atoms with E-state index >= 15 is 0 Å². The SMILES string of the molecule is CCc1nnc(NC(=O)CC2(CN)CCC2)nc1CC. The fourth-order valence-corrected chi connectivity index (χ4v) is 2.63. The number of carbonyl (C=O) groups is 1. The summed E-state index contributed by atoms with van der Waals surface area (Å²) in [5.41, 5.74) is 7.55. The molecule has 0 spiro atoms. The summed E-state index contributed by atoms with van der Waals surface area (Å²) in [4.78, 5) is 16.4. The number of hydrogen-bond acceptors (Lipinski definition) is 5. The number of carbonyl (C=O) groups excluding carboxylic acids is 1. The first-order valence-electron chi connectivity index (χ1n) is 7.35. The van der Waals surface area contributed by atoms with E-state index in [0.717, 1.165) is 43.5 Å². The molecule has 0 unspecified atom stereocenters. The van der Waals surface area contributed by atoms with Gasteiger partial charge in [-0.05, 0) is 37.6 Å². The molecule has 1 aliphatic carbocycles. The molecular formula is C14H23N5O. The summed E-state index contributed by atoms with van der Waals surface area (Å²) in [6.45, 7) is 4.60. The van der Waals surface area contributed by atoms with Gasteiger partial charge in [0.2, 0.25) is 11.9 Å². The van der Waals surface area contributed by atoms with Crippen LogP contribution in [0.5, 0.6) is 0 Å². The van der Waals surface area contributed by atoms with Gasteiger partial charge in [0.05, 0.1) is 11.4 Å².